The summed E-state index contributed by atoms with van der Waals surface area (Å²) in [6.45, 7) is 4.17. The monoisotopic (exact) mass is 428 g/mol. The molecule has 3 rings (SSSR count). The molecule has 0 aliphatic heterocycles. The minimum atomic E-state index is -3.41. The Labute approximate surface area is 180 Å². The number of carbonyl (C=O) groups excluding carboxylic acids is 1. The Hall–Kier alpha value is -2.34. The first-order valence-corrected chi connectivity index (χ1v) is 12.5. The Kier molecular flexibility index (Phi) is 7.19. The van der Waals surface area contributed by atoms with Crippen molar-refractivity contribution in [2.24, 2.45) is 0 Å². The van der Waals surface area contributed by atoms with Gasteiger partial charge in [0.1, 0.15) is 0 Å². The van der Waals surface area contributed by atoms with Crippen LogP contribution in [0.15, 0.2) is 42.5 Å². The van der Waals surface area contributed by atoms with E-state index in [1.807, 2.05) is 32.0 Å². The third-order valence-electron chi connectivity index (χ3n) is 5.80. The van der Waals surface area contributed by atoms with E-state index >= 15 is 0 Å². The summed E-state index contributed by atoms with van der Waals surface area (Å²) in [5.74, 6) is -0.0570. The minimum Gasteiger partial charge on any atom is -0.350 e. The lowest BCUT2D eigenvalue weighted by molar-refractivity contribution is -0.121. The molecule has 30 heavy (non-hydrogen) atoms. The molecule has 5 nitrogen and oxygen atoms in total. The molecule has 2 aromatic rings. The van der Waals surface area contributed by atoms with E-state index < -0.39 is 10.0 Å². The average Bonchev–Trinajstić information content (AvgIpc) is 2.70. The Balaban J connectivity index is 1.56. The van der Waals surface area contributed by atoms with Crippen LogP contribution in [0.4, 0.5) is 5.69 Å². The number of amides is 1. The van der Waals surface area contributed by atoms with Gasteiger partial charge in [-0.05, 0) is 74.3 Å². The number of hydrogen-bond donors (Lipinski definition) is 1. The summed E-state index contributed by atoms with van der Waals surface area (Å²) in [7, 11) is -3.41. The molecule has 1 atom stereocenters. The molecule has 0 aromatic heterocycles. The van der Waals surface area contributed by atoms with Crippen LogP contribution in [0.1, 0.15) is 60.9 Å². The van der Waals surface area contributed by atoms with Gasteiger partial charge in [0, 0.05) is 13.0 Å². The molecule has 2 aromatic carbocycles. The highest BCUT2D eigenvalue weighted by molar-refractivity contribution is 7.92. The Morgan fingerprint density at radius 3 is 2.50 bits per heavy atom. The van der Waals surface area contributed by atoms with Crippen molar-refractivity contribution >= 4 is 21.6 Å². The highest BCUT2D eigenvalue weighted by atomic mass is 32.2. The second-order valence-corrected chi connectivity index (χ2v) is 10.2. The fourth-order valence-electron chi connectivity index (χ4n) is 4.11. The molecule has 162 valence electrons. The standard InChI is InChI=1S/C24H32N2O3S/c1-18-9-4-7-12-23(18)26(30(3,28)29)16-8-13-24(27)25-19(2)21-15-14-20-10-5-6-11-22(20)17-21/h4,7,9,12,14-15,17,19H,5-6,8,10-11,13,16H2,1-3H3,(H,25,27)/t19-/m1/s1. The third-order valence-corrected chi connectivity index (χ3v) is 6.98. The molecule has 6 heteroatoms. The molecule has 0 saturated carbocycles. The molecule has 0 radical (unpaired) electrons. The van der Waals surface area contributed by atoms with Crippen LogP contribution in [0.3, 0.4) is 0 Å². The van der Waals surface area contributed by atoms with E-state index in [-0.39, 0.29) is 24.9 Å². The first-order chi connectivity index (χ1) is 14.3. The number of hydrogen-bond acceptors (Lipinski definition) is 3. The van der Waals surface area contributed by atoms with Gasteiger partial charge in [-0.1, -0.05) is 36.4 Å². The van der Waals surface area contributed by atoms with Gasteiger partial charge in [-0.2, -0.15) is 0 Å². The number of sulfonamides is 1. The first kappa shape index (κ1) is 22.3. The Morgan fingerprint density at radius 2 is 1.80 bits per heavy atom. The number of nitrogens with one attached hydrogen (secondary N) is 1. The molecule has 0 saturated heterocycles. The van der Waals surface area contributed by atoms with Gasteiger partial charge in [-0.3, -0.25) is 9.10 Å². The van der Waals surface area contributed by atoms with E-state index in [0.29, 0.717) is 12.1 Å². The van der Waals surface area contributed by atoms with Crippen LogP contribution < -0.4 is 9.62 Å². The van der Waals surface area contributed by atoms with Gasteiger partial charge in [-0.15, -0.1) is 0 Å². The van der Waals surface area contributed by atoms with Crippen LogP contribution >= 0.6 is 0 Å². The molecule has 0 bridgehead atoms. The predicted octanol–water partition coefficient (Wildman–Crippen LogP) is 4.30. The SMILES string of the molecule is Cc1ccccc1N(CCCC(=O)N[C@H](C)c1ccc2c(c1)CCCC2)S(C)(=O)=O. The number of para-hydroxylation sites is 1. The molecule has 0 unspecified atom stereocenters. The molecular weight excluding hydrogens is 396 g/mol. The Bertz CT molecular complexity index is 1000. The second-order valence-electron chi connectivity index (χ2n) is 8.25. The number of carbonyl (C=O) groups is 1. The van der Waals surface area contributed by atoms with E-state index in [9.17, 15) is 13.2 Å². The second kappa shape index (κ2) is 9.65. The van der Waals surface area contributed by atoms with Gasteiger partial charge >= 0.3 is 0 Å². The van der Waals surface area contributed by atoms with Crippen molar-refractivity contribution in [2.75, 3.05) is 17.1 Å². The summed E-state index contributed by atoms with van der Waals surface area (Å²) in [5.41, 5.74) is 5.53. The fourth-order valence-corrected chi connectivity index (χ4v) is 5.13. The van der Waals surface area contributed by atoms with E-state index in [2.05, 4.69) is 23.5 Å². The summed E-state index contributed by atoms with van der Waals surface area (Å²) in [5, 5.41) is 3.06. The van der Waals surface area contributed by atoms with Crippen LogP contribution in [0.25, 0.3) is 0 Å². The van der Waals surface area contributed by atoms with Gasteiger partial charge in [-0.25, -0.2) is 8.42 Å². The molecule has 1 N–H and O–H groups in total. The van der Waals surface area contributed by atoms with Crippen LogP contribution in [0, 0.1) is 6.92 Å². The zero-order valence-electron chi connectivity index (χ0n) is 18.1. The zero-order valence-corrected chi connectivity index (χ0v) is 19.0. The van der Waals surface area contributed by atoms with Crippen LogP contribution in [0.2, 0.25) is 0 Å². The molecular formula is C24H32N2O3S. The summed E-state index contributed by atoms with van der Waals surface area (Å²) in [6, 6.07) is 13.9. The number of nitrogens with zero attached hydrogens (tertiary/aromatic N) is 1. The van der Waals surface area contributed by atoms with E-state index in [0.717, 1.165) is 24.0 Å². The average molecular weight is 429 g/mol. The van der Waals surface area contributed by atoms with E-state index in [4.69, 9.17) is 0 Å². The maximum atomic E-state index is 12.5. The molecule has 1 aliphatic rings. The van der Waals surface area contributed by atoms with Gasteiger partial charge in [0.25, 0.3) is 0 Å². The van der Waals surface area contributed by atoms with E-state index in [1.54, 1.807) is 6.07 Å². The maximum absolute atomic E-state index is 12.5. The summed E-state index contributed by atoms with van der Waals surface area (Å²) >= 11 is 0. The fraction of sp³-hybridized carbons (Fsp3) is 0.458. The first-order valence-electron chi connectivity index (χ1n) is 10.7. The molecule has 1 aliphatic carbocycles. The van der Waals surface area contributed by atoms with Crippen molar-refractivity contribution in [1.82, 2.24) is 5.32 Å². The quantitative estimate of drug-likeness (QED) is 0.682. The minimum absolute atomic E-state index is 0.0570. The molecule has 0 fully saturated rings. The number of aryl methyl sites for hydroxylation is 3. The summed E-state index contributed by atoms with van der Waals surface area (Å²) in [4.78, 5) is 12.5. The summed E-state index contributed by atoms with van der Waals surface area (Å²) < 4.78 is 25.9. The third kappa shape index (κ3) is 5.63. The van der Waals surface area contributed by atoms with Gasteiger partial charge < -0.3 is 5.32 Å². The maximum Gasteiger partial charge on any atom is 0.232 e. The lowest BCUT2D eigenvalue weighted by atomic mass is 9.89. The van der Waals surface area contributed by atoms with Crippen LogP contribution in [-0.2, 0) is 27.7 Å². The van der Waals surface area contributed by atoms with Crippen LogP contribution in [-0.4, -0.2) is 27.1 Å². The van der Waals surface area contributed by atoms with Gasteiger partial charge in [0.05, 0.1) is 18.0 Å². The van der Waals surface area contributed by atoms with Crippen LogP contribution in [0.5, 0.6) is 0 Å². The molecule has 0 spiro atoms. The number of fused-ring (bicyclic) bond motifs is 1. The number of benzene rings is 2. The topological polar surface area (TPSA) is 66.5 Å². The predicted molar refractivity (Wildman–Crippen MR) is 122 cm³/mol. The normalized spacial score (nSPS) is 14.6. The number of anilines is 1. The highest BCUT2D eigenvalue weighted by Gasteiger charge is 2.19. The van der Waals surface area contributed by atoms with Crippen molar-refractivity contribution in [2.45, 2.75) is 58.4 Å². The van der Waals surface area contributed by atoms with Crippen molar-refractivity contribution in [1.29, 1.82) is 0 Å². The molecule has 1 amide bonds. The van der Waals surface area contributed by atoms with Crippen molar-refractivity contribution in [3.8, 4) is 0 Å². The molecule has 0 heterocycles. The van der Waals surface area contributed by atoms with Crippen molar-refractivity contribution < 1.29 is 13.2 Å². The number of rotatable bonds is 8. The zero-order chi connectivity index (χ0) is 21.7. The lowest BCUT2D eigenvalue weighted by Crippen LogP contribution is -2.33. The van der Waals surface area contributed by atoms with Crippen molar-refractivity contribution in [3.05, 3.63) is 64.7 Å². The smallest absolute Gasteiger partial charge is 0.232 e. The van der Waals surface area contributed by atoms with Crippen molar-refractivity contribution in [3.63, 3.8) is 0 Å². The van der Waals surface area contributed by atoms with E-state index in [1.165, 1.54) is 34.5 Å². The summed E-state index contributed by atoms with van der Waals surface area (Å²) in [6.07, 6.45) is 6.70. The Morgan fingerprint density at radius 1 is 1.10 bits per heavy atom. The van der Waals surface area contributed by atoms with Gasteiger partial charge in [0.2, 0.25) is 15.9 Å². The highest BCUT2D eigenvalue weighted by Crippen LogP contribution is 2.25. The largest absolute Gasteiger partial charge is 0.350 e. The van der Waals surface area contributed by atoms with Gasteiger partial charge in [0.15, 0.2) is 0 Å². The lowest BCUT2D eigenvalue weighted by Gasteiger charge is -2.24.